The number of aldehydes is 1. The Morgan fingerprint density at radius 3 is 2.49 bits per heavy atom. The van der Waals surface area contributed by atoms with Crippen molar-refractivity contribution in [3.8, 4) is 5.75 Å². The predicted molar refractivity (Wildman–Crippen MR) is 179 cm³/mol. The molecule has 0 radical (unpaired) electrons. The summed E-state index contributed by atoms with van der Waals surface area (Å²) in [7, 11) is 1.59. The van der Waals surface area contributed by atoms with Crippen molar-refractivity contribution < 1.29 is 33.4 Å². The van der Waals surface area contributed by atoms with Crippen molar-refractivity contribution in [2.75, 3.05) is 26.8 Å². The Kier molecular flexibility index (Phi) is 13.8. The number of carbonyl (C=O) groups is 5. The first-order valence-electron chi connectivity index (χ1n) is 16.4. The Bertz CT molecular complexity index is 1550. The zero-order chi connectivity index (χ0) is 35.2. The topological polar surface area (TPSA) is 174 Å². The van der Waals surface area contributed by atoms with Crippen molar-refractivity contribution in [3.05, 3.63) is 77.6 Å². The second kappa shape index (κ2) is 18.4. The zero-order valence-corrected chi connectivity index (χ0v) is 28.2. The first-order chi connectivity index (χ1) is 23.7. The van der Waals surface area contributed by atoms with E-state index < -0.39 is 29.9 Å². The van der Waals surface area contributed by atoms with Crippen molar-refractivity contribution in [1.82, 2.24) is 35.8 Å². The molecule has 1 aliphatic rings. The van der Waals surface area contributed by atoms with Gasteiger partial charge in [-0.1, -0.05) is 49.4 Å². The molecule has 2 aromatic carbocycles. The molecule has 1 aromatic heterocycles. The fourth-order valence-electron chi connectivity index (χ4n) is 5.60. The molecule has 14 heteroatoms. The number of benzene rings is 2. The van der Waals surface area contributed by atoms with E-state index in [1.165, 1.54) is 4.90 Å². The molecule has 0 bridgehead atoms. The highest BCUT2D eigenvalue weighted by atomic mass is 16.5. The van der Waals surface area contributed by atoms with Gasteiger partial charge in [-0.3, -0.25) is 19.2 Å². The molecule has 3 unspecified atom stereocenters. The second-order valence-corrected chi connectivity index (χ2v) is 12.3. The maximum atomic E-state index is 13.6. The van der Waals surface area contributed by atoms with Gasteiger partial charge in [0.1, 0.15) is 36.4 Å². The van der Waals surface area contributed by atoms with Gasteiger partial charge in [-0.15, -0.1) is 5.10 Å². The van der Waals surface area contributed by atoms with Crippen molar-refractivity contribution in [3.63, 3.8) is 0 Å². The summed E-state index contributed by atoms with van der Waals surface area (Å²) in [6.07, 6.45) is 4.16. The standard InChI is InChI=1S/C35H45N7O7/c1-24(2)18-30(38-33(45)26-8-5-4-6-9-26)35(47)42-15-7-10-31(42)34(46)36-20-32(44)37-27(22-43)19-25-11-13-29(14-12-25)49-17-16-41-21-28(23-48-3)39-40-41/h4-6,8-9,11-14,21-22,24,27,30-31H,7,10,15-20,23H2,1-3H3,(H,36,46)(H,37,44)(H,38,45). The van der Waals surface area contributed by atoms with Gasteiger partial charge in [0.25, 0.3) is 5.91 Å². The summed E-state index contributed by atoms with van der Waals surface area (Å²) in [5.41, 5.74) is 1.99. The largest absolute Gasteiger partial charge is 0.492 e. The van der Waals surface area contributed by atoms with Crippen LogP contribution in [0.3, 0.4) is 0 Å². The maximum absolute atomic E-state index is 13.6. The molecule has 3 aromatic rings. The molecule has 1 aliphatic heterocycles. The van der Waals surface area contributed by atoms with Gasteiger partial charge in [-0.05, 0) is 61.4 Å². The Labute approximate surface area is 285 Å². The van der Waals surface area contributed by atoms with E-state index >= 15 is 0 Å². The third-order valence-electron chi connectivity index (χ3n) is 7.97. The highest BCUT2D eigenvalue weighted by Gasteiger charge is 2.38. The highest BCUT2D eigenvalue weighted by Crippen LogP contribution is 2.21. The molecular formula is C35H45N7O7. The normalized spacial score (nSPS) is 15.3. The third kappa shape index (κ3) is 11.2. The maximum Gasteiger partial charge on any atom is 0.251 e. The molecule has 0 spiro atoms. The molecule has 4 rings (SSSR count). The fourth-order valence-corrected chi connectivity index (χ4v) is 5.60. The minimum atomic E-state index is -0.806. The van der Waals surface area contributed by atoms with Gasteiger partial charge in [-0.2, -0.15) is 0 Å². The molecule has 0 aliphatic carbocycles. The number of rotatable bonds is 18. The van der Waals surface area contributed by atoms with Crippen molar-refractivity contribution >= 4 is 29.9 Å². The summed E-state index contributed by atoms with van der Waals surface area (Å²) in [4.78, 5) is 65.6. The molecule has 4 amide bonds. The smallest absolute Gasteiger partial charge is 0.251 e. The van der Waals surface area contributed by atoms with Crippen LogP contribution >= 0.6 is 0 Å². The van der Waals surface area contributed by atoms with Crippen LogP contribution in [0, 0.1) is 5.92 Å². The number of nitrogens with zero attached hydrogens (tertiary/aromatic N) is 4. The molecule has 3 N–H and O–H groups in total. The monoisotopic (exact) mass is 675 g/mol. The Morgan fingerprint density at radius 1 is 1.04 bits per heavy atom. The Morgan fingerprint density at radius 2 is 1.80 bits per heavy atom. The summed E-state index contributed by atoms with van der Waals surface area (Å²) in [5, 5.41) is 16.1. The summed E-state index contributed by atoms with van der Waals surface area (Å²) < 4.78 is 12.5. The number of methoxy groups -OCH3 is 1. The fraction of sp³-hybridized carbons (Fsp3) is 0.457. The number of amides is 4. The first-order valence-corrected chi connectivity index (χ1v) is 16.4. The number of aromatic nitrogens is 3. The van der Waals surface area contributed by atoms with Crippen LogP contribution in [0.5, 0.6) is 5.75 Å². The van der Waals surface area contributed by atoms with Crippen LogP contribution < -0.4 is 20.7 Å². The number of ether oxygens (including phenoxy) is 2. The van der Waals surface area contributed by atoms with Gasteiger partial charge in [0.05, 0.1) is 31.9 Å². The first kappa shape index (κ1) is 36.7. The molecule has 14 nitrogen and oxygen atoms in total. The summed E-state index contributed by atoms with van der Waals surface area (Å²) in [5.74, 6) is -0.922. The zero-order valence-electron chi connectivity index (χ0n) is 28.2. The molecule has 262 valence electrons. The van der Waals surface area contributed by atoms with Crippen molar-refractivity contribution in [1.29, 1.82) is 0 Å². The quantitative estimate of drug-likeness (QED) is 0.170. The van der Waals surface area contributed by atoms with Gasteiger partial charge in [0.2, 0.25) is 17.7 Å². The molecular weight excluding hydrogens is 630 g/mol. The van der Waals surface area contributed by atoms with Crippen LogP contribution in [0.25, 0.3) is 0 Å². The summed E-state index contributed by atoms with van der Waals surface area (Å²) in [6, 6.07) is 13.5. The Hall–Kier alpha value is -5.11. The second-order valence-electron chi connectivity index (χ2n) is 12.3. The third-order valence-corrected chi connectivity index (χ3v) is 7.97. The summed E-state index contributed by atoms with van der Waals surface area (Å²) >= 11 is 0. The van der Waals surface area contributed by atoms with Crippen LogP contribution in [0.15, 0.2) is 60.8 Å². The van der Waals surface area contributed by atoms with E-state index in [0.717, 1.165) is 11.3 Å². The lowest BCUT2D eigenvalue weighted by atomic mass is 10.0. The minimum Gasteiger partial charge on any atom is -0.492 e. The average molecular weight is 676 g/mol. The van der Waals surface area contributed by atoms with E-state index in [-0.39, 0.29) is 30.7 Å². The van der Waals surface area contributed by atoms with Crippen LogP contribution in [0.1, 0.15) is 54.7 Å². The highest BCUT2D eigenvalue weighted by molar-refractivity contribution is 5.98. The van der Waals surface area contributed by atoms with E-state index in [1.54, 1.807) is 60.5 Å². The van der Waals surface area contributed by atoms with E-state index in [1.807, 2.05) is 26.0 Å². The molecule has 2 heterocycles. The lowest BCUT2D eigenvalue weighted by molar-refractivity contribution is -0.140. The predicted octanol–water partition coefficient (Wildman–Crippen LogP) is 1.68. The van der Waals surface area contributed by atoms with Crippen LogP contribution in [0.4, 0.5) is 0 Å². The molecule has 49 heavy (non-hydrogen) atoms. The Balaban J connectivity index is 1.23. The minimum absolute atomic E-state index is 0.118. The van der Waals surface area contributed by atoms with E-state index in [0.29, 0.717) is 63.2 Å². The molecule has 1 fully saturated rings. The van der Waals surface area contributed by atoms with Gasteiger partial charge < -0.3 is 35.1 Å². The van der Waals surface area contributed by atoms with E-state index in [2.05, 4.69) is 26.3 Å². The molecule has 3 atom stereocenters. The SMILES string of the molecule is COCc1cn(CCOc2ccc(CC(C=O)NC(=O)CNC(=O)C3CCCN3C(=O)C(CC(C)C)NC(=O)c3ccccc3)cc2)nn1. The number of carbonyl (C=O) groups excluding carboxylic acids is 5. The summed E-state index contributed by atoms with van der Waals surface area (Å²) in [6.45, 7) is 5.21. The van der Waals surface area contributed by atoms with Crippen LogP contribution in [-0.2, 0) is 43.5 Å². The lowest BCUT2D eigenvalue weighted by Gasteiger charge is -2.29. The van der Waals surface area contributed by atoms with Crippen LogP contribution in [-0.4, -0.2) is 94.7 Å². The molecule has 1 saturated heterocycles. The van der Waals surface area contributed by atoms with Gasteiger partial charge in [0, 0.05) is 19.2 Å². The van der Waals surface area contributed by atoms with Crippen LogP contribution in [0.2, 0.25) is 0 Å². The van der Waals surface area contributed by atoms with Gasteiger partial charge in [0.15, 0.2) is 0 Å². The molecule has 0 saturated carbocycles. The van der Waals surface area contributed by atoms with E-state index in [4.69, 9.17) is 9.47 Å². The number of hydrogen-bond acceptors (Lipinski definition) is 9. The van der Waals surface area contributed by atoms with Crippen molar-refractivity contribution in [2.45, 2.75) is 70.8 Å². The van der Waals surface area contributed by atoms with E-state index in [9.17, 15) is 24.0 Å². The number of hydrogen-bond donors (Lipinski definition) is 3. The number of nitrogens with one attached hydrogen (secondary N) is 3. The number of likely N-dealkylation sites (tertiary alicyclic amines) is 1. The average Bonchev–Trinajstić information content (AvgIpc) is 3.77. The van der Waals surface area contributed by atoms with Crippen molar-refractivity contribution in [2.24, 2.45) is 5.92 Å². The van der Waals surface area contributed by atoms with Gasteiger partial charge >= 0.3 is 0 Å². The lowest BCUT2D eigenvalue weighted by Crippen LogP contribution is -2.54. The van der Waals surface area contributed by atoms with Gasteiger partial charge in [-0.25, -0.2) is 4.68 Å².